The average molecular weight is 455 g/mol. The first-order valence-corrected chi connectivity index (χ1v) is 11.5. The van der Waals surface area contributed by atoms with E-state index in [1.54, 1.807) is 12.1 Å². The summed E-state index contributed by atoms with van der Waals surface area (Å²) in [6.45, 7) is 2.77. The zero-order valence-electron chi connectivity index (χ0n) is 18.0. The summed E-state index contributed by atoms with van der Waals surface area (Å²) in [5.41, 5.74) is 3.25. The molecule has 1 fully saturated rings. The van der Waals surface area contributed by atoms with E-state index in [-0.39, 0.29) is 5.75 Å². The number of aromatic hydroxyl groups is 1. The minimum absolute atomic E-state index is 0.0628. The van der Waals surface area contributed by atoms with Gasteiger partial charge in [0.1, 0.15) is 11.4 Å². The Balaban J connectivity index is 1.40. The summed E-state index contributed by atoms with van der Waals surface area (Å²) < 4.78 is 14.5. The van der Waals surface area contributed by atoms with E-state index < -0.39 is 5.82 Å². The van der Waals surface area contributed by atoms with Crippen LogP contribution in [0, 0.1) is 11.7 Å². The number of aryl methyl sites for hydroxylation is 1. The number of aromatic nitrogens is 2. The second-order valence-corrected chi connectivity index (χ2v) is 8.69. The van der Waals surface area contributed by atoms with Gasteiger partial charge in [0.25, 0.3) is 0 Å². The predicted octanol–water partition coefficient (Wildman–Crippen LogP) is 5.23. The lowest BCUT2D eigenvalue weighted by Crippen LogP contribution is -2.27. The maximum Gasteiger partial charge on any atom is 0.223 e. The molecule has 0 atom stereocenters. The number of benzene rings is 2. The van der Waals surface area contributed by atoms with Crippen molar-refractivity contribution in [3.05, 3.63) is 70.6 Å². The highest BCUT2D eigenvalue weighted by Gasteiger charge is 2.14. The minimum atomic E-state index is -0.434. The molecule has 7 heteroatoms. The Kier molecular flexibility index (Phi) is 7.55. The molecule has 3 N–H and O–H groups in total. The van der Waals surface area contributed by atoms with Crippen molar-refractivity contribution in [2.45, 2.75) is 32.1 Å². The third kappa shape index (κ3) is 5.96. The Morgan fingerprint density at radius 2 is 1.91 bits per heavy atom. The topological polar surface area (TPSA) is 70.1 Å². The number of nitrogens with zero attached hydrogens (tertiary/aromatic N) is 2. The highest BCUT2D eigenvalue weighted by atomic mass is 35.5. The first-order chi connectivity index (χ1) is 15.6. The monoisotopic (exact) mass is 454 g/mol. The van der Waals surface area contributed by atoms with E-state index in [9.17, 15) is 9.50 Å². The van der Waals surface area contributed by atoms with Gasteiger partial charge in [-0.3, -0.25) is 0 Å². The van der Waals surface area contributed by atoms with Gasteiger partial charge in [0.15, 0.2) is 5.82 Å². The van der Waals surface area contributed by atoms with Gasteiger partial charge in [-0.15, -0.1) is 0 Å². The lowest BCUT2D eigenvalue weighted by atomic mass is 9.91. The average Bonchev–Trinajstić information content (AvgIpc) is 2.82. The van der Waals surface area contributed by atoms with Crippen LogP contribution in [0.2, 0.25) is 5.02 Å². The van der Waals surface area contributed by atoms with Crippen LogP contribution < -0.4 is 10.6 Å². The third-order valence-corrected chi connectivity index (χ3v) is 6.26. The number of rotatable bonds is 8. The number of halogens is 2. The van der Waals surface area contributed by atoms with Crippen LogP contribution in [0.25, 0.3) is 11.3 Å². The molecule has 0 spiro atoms. The Morgan fingerprint density at radius 1 is 1.09 bits per heavy atom. The second kappa shape index (κ2) is 10.7. The van der Waals surface area contributed by atoms with Gasteiger partial charge < -0.3 is 15.7 Å². The van der Waals surface area contributed by atoms with Crippen molar-refractivity contribution >= 4 is 17.5 Å². The fourth-order valence-electron chi connectivity index (χ4n) is 4.09. The molecule has 0 unspecified atom stereocenters. The Bertz CT molecular complexity index is 1060. The molecule has 0 amide bonds. The molecule has 4 rings (SSSR count). The Morgan fingerprint density at radius 3 is 2.72 bits per heavy atom. The predicted molar refractivity (Wildman–Crippen MR) is 127 cm³/mol. The number of hydrogen-bond acceptors (Lipinski definition) is 5. The summed E-state index contributed by atoms with van der Waals surface area (Å²) in [7, 11) is 0. The van der Waals surface area contributed by atoms with Crippen LogP contribution in [-0.2, 0) is 12.8 Å². The fourth-order valence-corrected chi connectivity index (χ4v) is 4.30. The summed E-state index contributed by atoms with van der Waals surface area (Å²) in [6.07, 6.45) is 6.49. The van der Waals surface area contributed by atoms with Crippen molar-refractivity contribution in [2.75, 3.05) is 25.0 Å². The number of nitrogens with one attached hydrogen (secondary N) is 2. The van der Waals surface area contributed by atoms with Crippen molar-refractivity contribution in [1.82, 2.24) is 15.3 Å². The maximum absolute atomic E-state index is 14.5. The molecule has 1 aromatic heterocycles. The molecule has 0 aliphatic carbocycles. The molecule has 2 heterocycles. The standard InChI is InChI=1S/C25H28ClFN4O/c26-21-15-19(6-7-23(21)32)10-13-29-25-30-16-22(27)24(31-25)20-3-1-2-18(14-20)5-4-17-8-11-28-12-9-17/h1-3,6-7,14-17,28,32H,4-5,8-13H2,(H,29,30,31). The first kappa shape index (κ1) is 22.5. The van der Waals surface area contributed by atoms with E-state index >= 15 is 0 Å². The quantitative estimate of drug-likeness (QED) is 0.435. The van der Waals surface area contributed by atoms with Crippen LogP contribution >= 0.6 is 11.6 Å². The smallest absolute Gasteiger partial charge is 0.223 e. The van der Waals surface area contributed by atoms with Crippen molar-refractivity contribution in [3.8, 4) is 17.0 Å². The SMILES string of the molecule is Oc1ccc(CCNc2ncc(F)c(-c3cccc(CCC4CCNCC4)c3)n2)cc1Cl. The molecule has 2 aromatic carbocycles. The number of piperidine rings is 1. The van der Waals surface area contributed by atoms with Gasteiger partial charge in [0, 0.05) is 12.1 Å². The molecule has 168 valence electrons. The normalized spacial score (nSPS) is 14.4. The van der Waals surface area contributed by atoms with Gasteiger partial charge in [-0.25, -0.2) is 14.4 Å². The molecule has 0 radical (unpaired) electrons. The van der Waals surface area contributed by atoms with E-state index in [2.05, 4.69) is 26.7 Å². The lowest BCUT2D eigenvalue weighted by molar-refractivity contribution is 0.354. The summed E-state index contributed by atoms with van der Waals surface area (Å²) in [5, 5.41) is 16.4. The van der Waals surface area contributed by atoms with Gasteiger partial charge in [0.05, 0.1) is 11.2 Å². The molecule has 3 aromatic rings. The third-order valence-electron chi connectivity index (χ3n) is 5.95. The van der Waals surface area contributed by atoms with Crippen LogP contribution in [0.5, 0.6) is 5.75 Å². The highest BCUT2D eigenvalue weighted by molar-refractivity contribution is 6.32. The molecule has 32 heavy (non-hydrogen) atoms. The zero-order valence-corrected chi connectivity index (χ0v) is 18.7. The number of anilines is 1. The minimum Gasteiger partial charge on any atom is -0.506 e. The van der Waals surface area contributed by atoms with E-state index in [0.717, 1.165) is 43.0 Å². The van der Waals surface area contributed by atoms with E-state index in [4.69, 9.17) is 11.6 Å². The lowest BCUT2D eigenvalue weighted by Gasteiger charge is -2.22. The molecule has 1 aliphatic rings. The Labute approximate surface area is 193 Å². The number of phenolic OH excluding ortho intramolecular Hbond substituents is 1. The van der Waals surface area contributed by atoms with E-state index in [0.29, 0.717) is 29.6 Å². The summed E-state index contributed by atoms with van der Waals surface area (Å²) >= 11 is 5.96. The van der Waals surface area contributed by atoms with Crippen molar-refractivity contribution in [1.29, 1.82) is 0 Å². The largest absolute Gasteiger partial charge is 0.506 e. The van der Waals surface area contributed by atoms with Crippen LogP contribution in [0.15, 0.2) is 48.7 Å². The number of hydrogen-bond donors (Lipinski definition) is 3. The van der Waals surface area contributed by atoms with Gasteiger partial charge >= 0.3 is 0 Å². The number of phenols is 1. The van der Waals surface area contributed by atoms with Gasteiger partial charge in [-0.2, -0.15) is 0 Å². The van der Waals surface area contributed by atoms with Crippen molar-refractivity contribution in [2.24, 2.45) is 5.92 Å². The summed E-state index contributed by atoms with van der Waals surface area (Å²) in [6, 6.07) is 13.1. The van der Waals surface area contributed by atoms with Crippen LogP contribution in [0.1, 0.15) is 30.4 Å². The van der Waals surface area contributed by atoms with E-state index in [1.165, 1.54) is 24.6 Å². The highest BCUT2D eigenvalue weighted by Crippen LogP contribution is 2.26. The van der Waals surface area contributed by atoms with Crippen LogP contribution in [-0.4, -0.2) is 34.7 Å². The molecule has 0 bridgehead atoms. The van der Waals surface area contributed by atoms with Gasteiger partial charge in [0.2, 0.25) is 5.95 Å². The van der Waals surface area contributed by atoms with E-state index in [1.807, 2.05) is 24.3 Å². The molecule has 5 nitrogen and oxygen atoms in total. The van der Waals surface area contributed by atoms with Gasteiger partial charge in [-0.1, -0.05) is 35.9 Å². The maximum atomic E-state index is 14.5. The second-order valence-electron chi connectivity index (χ2n) is 8.29. The fraction of sp³-hybridized carbons (Fsp3) is 0.360. The summed E-state index contributed by atoms with van der Waals surface area (Å²) in [5.74, 6) is 0.769. The molecule has 1 aliphatic heterocycles. The molecular weight excluding hydrogens is 427 g/mol. The zero-order chi connectivity index (χ0) is 22.3. The van der Waals surface area contributed by atoms with Crippen molar-refractivity contribution in [3.63, 3.8) is 0 Å². The molecule has 0 saturated carbocycles. The van der Waals surface area contributed by atoms with Crippen LogP contribution in [0.4, 0.5) is 10.3 Å². The molecule has 1 saturated heterocycles. The van der Waals surface area contributed by atoms with Crippen LogP contribution in [0.3, 0.4) is 0 Å². The molecular formula is C25H28ClFN4O. The first-order valence-electron chi connectivity index (χ1n) is 11.1. The van der Waals surface area contributed by atoms with Crippen molar-refractivity contribution < 1.29 is 9.50 Å². The summed E-state index contributed by atoms with van der Waals surface area (Å²) in [4.78, 5) is 8.50. The van der Waals surface area contributed by atoms with Gasteiger partial charge in [-0.05, 0) is 80.4 Å². The Hall–Kier alpha value is -2.70.